The topological polar surface area (TPSA) is 67.2 Å². The molecule has 8 heteroatoms. The zero-order valence-corrected chi connectivity index (χ0v) is 19.0. The quantitative estimate of drug-likeness (QED) is 0.260. The average molecular weight is 482 g/mol. The molecule has 1 aromatic heterocycles. The fourth-order valence-electron chi connectivity index (χ4n) is 3.01. The minimum atomic E-state index is -0.308. The van der Waals surface area contributed by atoms with Crippen molar-refractivity contribution in [1.29, 1.82) is 0 Å². The Bertz CT molecular complexity index is 1300. The first-order chi connectivity index (χ1) is 15.5. The van der Waals surface area contributed by atoms with E-state index in [1.807, 2.05) is 54.6 Å². The Morgan fingerprint density at radius 3 is 2.56 bits per heavy atom. The lowest BCUT2D eigenvalue weighted by atomic mass is 10.1. The predicted molar refractivity (Wildman–Crippen MR) is 133 cm³/mol. The molecule has 5 nitrogen and oxygen atoms in total. The van der Waals surface area contributed by atoms with Crippen LogP contribution in [0.3, 0.4) is 0 Å². The van der Waals surface area contributed by atoms with E-state index in [1.54, 1.807) is 18.2 Å². The van der Waals surface area contributed by atoms with Crippen molar-refractivity contribution in [3.05, 3.63) is 99.9 Å². The Hall–Kier alpha value is -3.19. The van der Waals surface area contributed by atoms with E-state index in [1.165, 1.54) is 6.08 Å². The van der Waals surface area contributed by atoms with E-state index in [-0.39, 0.29) is 11.0 Å². The van der Waals surface area contributed by atoms with E-state index in [4.69, 9.17) is 39.8 Å². The first-order valence-corrected chi connectivity index (χ1v) is 10.8. The molecule has 2 N–H and O–H groups in total. The molecule has 0 spiro atoms. The van der Waals surface area contributed by atoms with Gasteiger partial charge in [-0.1, -0.05) is 65.7 Å². The number of rotatable bonds is 5. The third-order valence-electron chi connectivity index (χ3n) is 4.48. The fourth-order valence-corrected chi connectivity index (χ4v) is 3.75. The van der Waals surface area contributed by atoms with Crippen molar-refractivity contribution in [1.82, 2.24) is 10.3 Å². The predicted octanol–water partition coefficient (Wildman–Crippen LogP) is 6.25. The summed E-state index contributed by atoms with van der Waals surface area (Å²) < 4.78 is 5.76. The zero-order chi connectivity index (χ0) is 22.5. The molecule has 0 saturated carbocycles. The Morgan fingerprint density at radius 2 is 1.81 bits per heavy atom. The number of hydrogen-bond donors (Lipinski definition) is 2. The Morgan fingerprint density at radius 1 is 1.06 bits per heavy atom. The molecule has 0 radical (unpaired) electrons. The smallest absolute Gasteiger partial charge is 0.250 e. The zero-order valence-electron chi connectivity index (χ0n) is 16.6. The first-order valence-electron chi connectivity index (χ1n) is 9.65. The second kappa shape index (κ2) is 9.96. The number of hydrogen-bond acceptors (Lipinski definition) is 4. The van der Waals surface area contributed by atoms with E-state index in [0.29, 0.717) is 33.5 Å². The minimum absolute atomic E-state index is 0.214. The molecule has 0 aliphatic rings. The Labute approximate surface area is 200 Å². The summed E-state index contributed by atoms with van der Waals surface area (Å²) in [5, 5.41) is 6.77. The van der Waals surface area contributed by atoms with E-state index in [9.17, 15) is 4.79 Å². The van der Waals surface area contributed by atoms with Gasteiger partial charge in [-0.25, -0.2) is 4.98 Å². The van der Waals surface area contributed by atoms with Crippen molar-refractivity contribution in [3.63, 3.8) is 0 Å². The van der Waals surface area contributed by atoms with Crippen LogP contribution in [0.25, 0.3) is 17.2 Å². The third-order valence-corrected chi connectivity index (χ3v) is 5.19. The van der Waals surface area contributed by atoms with Gasteiger partial charge in [0.15, 0.2) is 16.6 Å². The summed E-state index contributed by atoms with van der Waals surface area (Å²) in [6.07, 6.45) is 3.65. The number of thiocarbonyl (C=S) groups is 1. The number of anilines is 1. The number of fused-ring (bicyclic) bond motifs is 1. The van der Waals surface area contributed by atoms with Gasteiger partial charge in [0.05, 0.1) is 5.02 Å². The van der Waals surface area contributed by atoms with Gasteiger partial charge in [0.25, 0.3) is 0 Å². The fraction of sp³-hybridized carbons (Fsp3) is 0.0417. The van der Waals surface area contributed by atoms with Gasteiger partial charge in [0, 0.05) is 23.2 Å². The third kappa shape index (κ3) is 5.73. The summed E-state index contributed by atoms with van der Waals surface area (Å²) in [4.78, 5) is 16.5. The van der Waals surface area contributed by atoms with Crippen molar-refractivity contribution >= 4 is 69.3 Å². The molecule has 1 heterocycles. The van der Waals surface area contributed by atoms with Gasteiger partial charge in [0.2, 0.25) is 5.91 Å². The summed E-state index contributed by atoms with van der Waals surface area (Å²) in [6.45, 7) is 0. The highest BCUT2D eigenvalue weighted by molar-refractivity contribution is 7.80. The van der Waals surface area contributed by atoms with Gasteiger partial charge in [-0.05, 0) is 53.7 Å². The maximum Gasteiger partial charge on any atom is 0.250 e. The standard InChI is InChI=1S/C24H17Cl2N3O2S/c25-17-13-19(26)23-20(14-17)28-22(31-23)12-16-6-9-18(10-7-16)27-24(32)29-21(30)11-8-15-4-2-1-3-5-15/h1-11,13-14H,12H2,(H2,27,29,30,32)/b11-8+. The van der Waals surface area contributed by atoms with Crippen LogP contribution in [-0.2, 0) is 11.2 Å². The van der Waals surface area contributed by atoms with Crippen LogP contribution in [0.2, 0.25) is 10.0 Å². The van der Waals surface area contributed by atoms with Crippen LogP contribution in [0.1, 0.15) is 17.0 Å². The molecule has 0 atom stereocenters. The van der Waals surface area contributed by atoms with Gasteiger partial charge in [-0.15, -0.1) is 0 Å². The molecule has 0 bridgehead atoms. The normalized spacial score (nSPS) is 11.1. The number of benzene rings is 3. The van der Waals surface area contributed by atoms with Crippen LogP contribution in [0, 0.1) is 0 Å². The van der Waals surface area contributed by atoms with Crippen LogP contribution < -0.4 is 10.6 Å². The summed E-state index contributed by atoms with van der Waals surface area (Å²) in [6, 6.07) is 20.5. The summed E-state index contributed by atoms with van der Waals surface area (Å²) in [7, 11) is 0. The Kier molecular flexibility index (Phi) is 6.85. The number of carbonyl (C=O) groups is 1. The highest BCUT2D eigenvalue weighted by Gasteiger charge is 2.11. The van der Waals surface area contributed by atoms with E-state index in [0.717, 1.165) is 16.8 Å². The van der Waals surface area contributed by atoms with Gasteiger partial charge in [0.1, 0.15) is 5.52 Å². The van der Waals surface area contributed by atoms with Crippen LogP contribution in [0.4, 0.5) is 5.69 Å². The molecular formula is C24H17Cl2N3O2S. The van der Waals surface area contributed by atoms with Crippen molar-refractivity contribution < 1.29 is 9.21 Å². The average Bonchev–Trinajstić information content (AvgIpc) is 3.17. The summed E-state index contributed by atoms with van der Waals surface area (Å²) in [5.74, 6) is 0.232. The molecule has 0 aliphatic heterocycles. The molecule has 0 fully saturated rings. The van der Waals surface area contributed by atoms with Gasteiger partial charge >= 0.3 is 0 Å². The number of nitrogens with zero attached hydrogens (tertiary/aromatic N) is 1. The van der Waals surface area contributed by atoms with E-state index >= 15 is 0 Å². The van der Waals surface area contributed by atoms with Gasteiger partial charge in [-0.2, -0.15) is 0 Å². The number of halogens is 2. The second-order valence-electron chi connectivity index (χ2n) is 6.90. The molecule has 4 rings (SSSR count). The lowest BCUT2D eigenvalue weighted by Gasteiger charge is -2.08. The molecule has 32 heavy (non-hydrogen) atoms. The number of carbonyl (C=O) groups excluding carboxylic acids is 1. The Balaban J connectivity index is 1.33. The monoisotopic (exact) mass is 481 g/mol. The lowest BCUT2D eigenvalue weighted by molar-refractivity contribution is -0.115. The molecule has 1 amide bonds. The number of amides is 1. The number of oxazole rings is 1. The van der Waals surface area contributed by atoms with Crippen molar-refractivity contribution in [2.24, 2.45) is 0 Å². The molecule has 0 saturated heterocycles. The first kappa shape index (κ1) is 22.0. The molecule has 0 unspecified atom stereocenters. The number of aromatic nitrogens is 1. The highest BCUT2D eigenvalue weighted by atomic mass is 35.5. The highest BCUT2D eigenvalue weighted by Crippen LogP contribution is 2.29. The molecule has 4 aromatic rings. The van der Waals surface area contributed by atoms with Crippen molar-refractivity contribution in [2.75, 3.05) is 5.32 Å². The van der Waals surface area contributed by atoms with Crippen LogP contribution >= 0.6 is 35.4 Å². The number of nitrogens with one attached hydrogen (secondary N) is 2. The maximum absolute atomic E-state index is 12.0. The molecule has 160 valence electrons. The van der Waals surface area contributed by atoms with Gasteiger partial charge in [-0.3, -0.25) is 10.1 Å². The molecule has 3 aromatic carbocycles. The lowest BCUT2D eigenvalue weighted by Crippen LogP contribution is -2.32. The SMILES string of the molecule is O=C(/C=C/c1ccccc1)NC(=S)Nc1ccc(Cc2nc3cc(Cl)cc(Cl)c3o2)cc1. The summed E-state index contributed by atoms with van der Waals surface area (Å²) >= 11 is 17.4. The second-order valence-corrected chi connectivity index (χ2v) is 8.16. The van der Waals surface area contributed by atoms with E-state index < -0.39 is 0 Å². The van der Waals surface area contributed by atoms with Crippen molar-refractivity contribution in [2.45, 2.75) is 6.42 Å². The molecular weight excluding hydrogens is 465 g/mol. The maximum atomic E-state index is 12.0. The van der Waals surface area contributed by atoms with E-state index in [2.05, 4.69) is 15.6 Å². The van der Waals surface area contributed by atoms with Crippen LogP contribution in [0.15, 0.2) is 77.2 Å². The minimum Gasteiger partial charge on any atom is -0.439 e. The van der Waals surface area contributed by atoms with Gasteiger partial charge < -0.3 is 9.73 Å². The largest absolute Gasteiger partial charge is 0.439 e. The van der Waals surface area contributed by atoms with Crippen LogP contribution in [-0.4, -0.2) is 16.0 Å². The molecule has 0 aliphatic carbocycles. The summed E-state index contributed by atoms with van der Waals surface area (Å²) in [5.41, 5.74) is 3.81. The van der Waals surface area contributed by atoms with Crippen molar-refractivity contribution in [3.8, 4) is 0 Å². The van der Waals surface area contributed by atoms with Crippen LogP contribution in [0.5, 0.6) is 0 Å².